The molecule has 158 valence electrons. The molecule has 0 amide bonds. The number of hydrogen-bond acceptors (Lipinski definition) is 8. The summed E-state index contributed by atoms with van der Waals surface area (Å²) in [6.45, 7) is 4.44. The Bertz CT molecular complexity index is 519. The Morgan fingerprint density at radius 3 is 2.00 bits per heavy atom. The van der Waals surface area contributed by atoms with E-state index in [0.717, 1.165) is 0 Å². The summed E-state index contributed by atoms with van der Waals surface area (Å²) in [5.41, 5.74) is 0. The minimum Gasteiger partial charge on any atom is -1.00 e. The number of rotatable bonds is 8. The van der Waals surface area contributed by atoms with Crippen LogP contribution in [0, 0.1) is 0 Å². The van der Waals surface area contributed by atoms with Crippen LogP contribution in [-0.2, 0) is 38.1 Å². The summed E-state index contributed by atoms with van der Waals surface area (Å²) in [6.07, 6.45) is -3.98. The molecule has 1 aliphatic rings. The van der Waals surface area contributed by atoms with Crippen LogP contribution in [0.25, 0.3) is 0 Å². The molecular formula is C16H27ClINO8. The van der Waals surface area contributed by atoms with Crippen molar-refractivity contribution in [1.82, 2.24) is 0 Å². The highest BCUT2D eigenvalue weighted by molar-refractivity contribution is 6.16. The molecule has 0 radical (unpaired) electrons. The van der Waals surface area contributed by atoms with E-state index in [4.69, 9.17) is 35.3 Å². The van der Waals surface area contributed by atoms with E-state index in [9.17, 15) is 14.4 Å². The Labute approximate surface area is 181 Å². The number of likely N-dealkylation sites (N-methyl/N-ethyl adjacent to an activating group) is 1. The summed E-state index contributed by atoms with van der Waals surface area (Å²) in [5, 5.41) is 0. The molecule has 0 aromatic rings. The fourth-order valence-electron chi connectivity index (χ4n) is 2.33. The second-order valence-corrected chi connectivity index (χ2v) is 6.89. The number of carbonyl (C=O) groups is 3. The highest BCUT2D eigenvalue weighted by atomic mass is 127. The van der Waals surface area contributed by atoms with E-state index in [1.165, 1.54) is 20.8 Å². The molecule has 1 heterocycles. The Hall–Kier alpha value is -0.690. The summed E-state index contributed by atoms with van der Waals surface area (Å²) in [5.74, 6) is -1.78. The van der Waals surface area contributed by atoms with Crippen molar-refractivity contribution in [2.75, 3.05) is 39.9 Å². The number of hydrogen-bond donors (Lipinski definition) is 0. The van der Waals surface area contributed by atoms with Gasteiger partial charge in [-0.2, -0.15) is 0 Å². The van der Waals surface area contributed by atoms with Gasteiger partial charge in [0.15, 0.2) is 30.6 Å². The maximum Gasteiger partial charge on any atom is 0.303 e. The summed E-state index contributed by atoms with van der Waals surface area (Å²) >= 11 is 5.87. The van der Waals surface area contributed by atoms with Crippen molar-refractivity contribution < 1.29 is 66.5 Å². The van der Waals surface area contributed by atoms with Crippen LogP contribution in [0.15, 0.2) is 0 Å². The first kappa shape index (κ1) is 26.3. The summed E-state index contributed by atoms with van der Waals surface area (Å²) in [4.78, 5) is 34.3. The molecule has 0 N–H and O–H groups in total. The molecule has 0 saturated carbocycles. The predicted octanol–water partition coefficient (Wildman–Crippen LogP) is -2.57. The zero-order valence-corrected chi connectivity index (χ0v) is 19.0. The van der Waals surface area contributed by atoms with Crippen LogP contribution in [0.2, 0.25) is 0 Å². The van der Waals surface area contributed by atoms with E-state index in [0.29, 0.717) is 17.0 Å². The number of ether oxygens (including phenoxy) is 5. The van der Waals surface area contributed by atoms with Gasteiger partial charge in [-0.05, 0) is 0 Å². The highest BCUT2D eigenvalue weighted by Gasteiger charge is 2.47. The van der Waals surface area contributed by atoms with Gasteiger partial charge in [0.1, 0.15) is 6.54 Å². The van der Waals surface area contributed by atoms with E-state index in [1.54, 1.807) is 0 Å². The quantitative estimate of drug-likeness (QED) is 0.0856. The van der Waals surface area contributed by atoms with Crippen LogP contribution in [0.5, 0.6) is 0 Å². The van der Waals surface area contributed by atoms with Crippen molar-refractivity contribution in [2.24, 2.45) is 0 Å². The SMILES string of the molecule is CC(=O)O[C@@H]1[C@@H](OC(C)=O)[C@@H](OCC[N+](C)(C)CCl)OC[C@H]1OC(C)=O.[I-]. The summed E-state index contributed by atoms with van der Waals surface area (Å²) < 4.78 is 27.4. The largest absolute Gasteiger partial charge is 1.00 e. The van der Waals surface area contributed by atoms with E-state index in [1.807, 2.05) is 14.1 Å². The van der Waals surface area contributed by atoms with E-state index in [2.05, 4.69) is 0 Å². The van der Waals surface area contributed by atoms with Crippen LogP contribution in [0.3, 0.4) is 0 Å². The molecule has 1 rings (SSSR count). The maximum atomic E-state index is 11.5. The van der Waals surface area contributed by atoms with Gasteiger partial charge in [-0.25, -0.2) is 0 Å². The molecule has 0 bridgehead atoms. The number of alkyl halides is 1. The van der Waals surface area contributed by atoms with E-state index < -0.39 is 42.5 Å². The molecule has 27 heavy (non-hydrogen) atoms. The Morgan fingerprint density at radius 1 is 1.00 bits per heavy atom. The smallest absolute Gasteiger partial charge is 0.303 e. The zero-order valence-electron chi connectivity index (χ0n) is 16.1. The number of quaternary nitrogens is 1. The van der Waals surface area contributed by atoms with Gasteiger partial charge in [0.05, 0.1) is 27.3 Å². The van der Waals surface area contributed by atoms with Gasteiger partial charge < -0.3 is 52.1 Å². The van der Waals surface area contributed by atoms with Gasteiger partial charge in [-0.1, -0.05) is 11.6 Å². The Balaban J connectivity index is 0.00000676. The third-order valence-electron chi connectivity index (χ3n) is 3.61. The van der Waals surface area contributed by atoms with Crippen molar-refractivity contribution in [3.63, 3.8) is 0 Å². The van der Waals surface area contributed by atoms with Crippen molar-refractivity contribution in [2.45, 2.75) is 45.4 Å². The molecule has 0 unspecified atom stereocenters. The van der Waals surface area contributed by atoms with E-state index in [-0.39, 0.29) is 37.2 Å². The van der Waals surface area contributed by atoms with Crippen LogP contribution in [-0.4, -0.2) is 86.9 Å². The number of halogens is 2. The second kappa shape index (κ2) is 12.0. The lowest BCUT2D eigenvalue weighted by Gasteiger charge is -2.40. The average Bonchev–Trinajstić information content (AvgIpc) is 2.51. The van der Waals surface area contributed by atoms with Crippen molar-refractivity contribution >= 4 is 29.5 Å². The number of nitrogens with zero attached hydrogens (tertiary/aromatic N) is 1. The fraction of sp³-hybridized carbons (Fsp3) is 0.812. The number of esters is 3. The number of carbonyl (C=O) groups excluding carboxylic acids is 3. The van der Waals surface area contributed by atoms with Crippen LogP contribution < -0.4 is 24.0 Å². The first-order valence-corrected chi connectivity index (χ1v) is 8.72. The topological polar surface area (TPSA) is 97.4 Å². The van der Waals surface area contributed by atoms with Crippen LogP contribution in [0.4, 0.5) is 0 Å². The van der Waals surface area contributed by atoms with Gasteiger partial charge in [-0.3, -0.25) is 14.4 Å². The average molecular weight is 524 g/mol. The minimum absolute atomic E-state index is 0. The molecule has 11 heteroatoms. The maximum absolute atomic E-state index is 11.5. The molecule has 0 aliphatic carbocycles. The molecule has 0 aromatic carbocycles. The van der Waals surface area contributed by atoms with Crippen LogP contribution in [0.1, 0.15) is 20.8 Å². The molecule has 4 atom stereocenters. The minimum atomic E-state index is -1.07. The molecular weight excluding hydrogens is 497 g/mol. The highest BCUT2D eigenvalue weighted by Crippen LogP contribution is 2.25. The van der Waals surface area contributed by atoms with Gasteiger partial charge in [0, 0.05) is 20.8 Å². The zero-order chi connectivity index (χ0) is 19.9. The summed E-state index contributed by atoms with van der Waals surface area (Å²) in [7, 11) is 3.86. The fourth-order valence-corrected chi connectivity index (χ4v) is 2.45. The van der Waals surface area contributed by atoms with Crippen molar-refractivity contribution in [3.8, 4) is 0 Å². The molecule has 1 saturated heterocycles. The van der Waals surface area contributed by atoms with Crippen LogP contribution >= 0.6 is 11.6 Å². The Kier molecular flexibility index (Phi) is 11.7. The lowest BCUT2D eigenvalue weighted by Crippen LogP contribution is -3.00. The van der Waals surface area contributed by atoms with Gasteiger partial charge in [-0.15, -0.1) is 0 Å². The predicted molar refractivity (Wildman–Crippen MR) is 90.0 cm³/mol. The second-order valence-electron chi connectivity index (χ2n) is 6.65. The first-order chi connectivity index (χ1) is 12.1. The van der Waals surface area contributed by atoms with Gasteiger partial charge in [0.25, 0.3) is 0 Å². The summed E-state index contributed by atoms with van der Waals surface area (Å²) in [6, 6.07) is 0.396. The normalized spacial score (nSPS) is 25.1. The monoisotopic (exact) mass is 523 g/mol. The molecule has 0 spiro atoms. The molecule has 0 aromatic heterocycles. The Morgan fingerprint density at radius 2 is 1.52 bits per heavy atom. The standard InChI is InChI=1S/C16H27ClNO8.HI/c1-10(19)24-13-8-23-16(22-7-6-18(4,5)9-17)15(26-12(3)21)14(13)25-11(2)20;/h13-16H,6-9H2,1-5H3;1H/q+1;/p-1/t13-,14+,15-,16+;/m1./s1. The molecule has 1 aliphatic heterocycles. The van der Waals surface area contributed by atoms with E-state index >= 15 is 0 Å². The molecule has 9 nitrogen and oxygen atoms in total. The van der Waals surface area contributed by atoms with Crippen molar-refractivity contribution in [3.05, 3.63) is 0 Å². The van der Waals surface area contributed by atoms with Gasteiger partial charge in [0.2, 0.25) is 0 Å². The lowest BCUT2D eigenvalue weighted by molar-refractivity contribution is -0.879. The van der Waals surface area contributed by atoms with Gasteiger partial charge >= 0.3 is 17.9 Å². The lowest BCUT2D eigenvalue weighted by atomic mass is 10.0. The van der Waals surface area contributed by atoms with Crippen molar-refractivity contribution in [1.29, 1.82) is 0 Å². The third-order valence-corrected chi connectivity index (χ3v) is 4.25. The third kappa shape index (κ3) is 9.37. The molecule has 1 fully saturated rings. The first-order valence-electron chi connectivity index (χ1n) is 8.18.